The van der Waals surface area contributed by atoms with E-state index in [-0.39, 0.29) is 12.1 Å². The minimum Gasteiger partial charge on any atom is -0.493 e. The van der Waals surface area contributed by atoms with E-state index in [0.717, 1.165) is 17.0 Å². The van der Waals surface area contributed by atoms with Crippen molar-refractivity contribution < 1.29 is 9.15 Å². The Morgan fingerprint density at radius 2 is 2.17 bits per heavy atom. The molecule has 2 N–H and O–H groups in total. The van der Waals surface area contributed by atoms with Crippen LogP contribution < -0.4 is 10.5 Å². The normalized spacial score (nSPS) is 13.0. The van der Waals surface area contributed by atoms with Gasteiger partial charge in [0.15, 0.2) is 5.75 Å². The van der Waals surface area contributed by atoms with Gasteiger partial charge in [0.05, 0.1) is 25.6 Å². The van der Waals surface area contributed by atoms with Gasteiger partial charge < -0.3 is 14.9 Å². The van der Waals surface area contributed by atoms with Gasteiger partial charge in [-0.3, -0.25) is 4.68 Å². The zero-order valence-electron chi connectivity index (χ0n) is 11.2. The van der Waals surface area contributed by atoms with Crippen LogP contribution in [0.25, 0.3) is 0 Å². The molecule has 18 heavy (non-hydrogen) atoms. The van der Waals surface area contributed by atoms with Crippen LogP contribution in [-0.2, 0) is 0 Å². The molecule has 2 rings (SSSR count). The molecule has 0 fully saturated rings. The number of aryl methyl sites for hydroxylation is 1. The second-order valence-corrected chi connectivity index (χ2v) is 4.55. The molecule has 5 heteroatoms. The first-order chi connectivity index (χ1) is 8.56. The SMILES string of the molecule is COc1cnn(C(C)C)c1C(N)c1ccoc1C. The van der Waals surface area contributed by atoms with Crippen LogP contribution in [0.1, 0.15) is 42.9 Å². The van der Waals surface area contributed by atoms with Crippen LogP contribution in [0.4, 0.5) is 0 Å². The maximum Gasteiger partial charge on any atom is 0.161 e. The van der Waals surface area contributed by atoms with E-state index in [9.17, 15) is 0 Å². The van der Waals surface area contributed by atoms with Crippen LogP contribution in [0.3, 0.4) is 0 Å². The molecule has 0 aliphatic heterocycles. The van der Waals surface area contributed by atoms with Crippen molar-refractivity contribution in [2.75, 3.05) is 7.11 Å². The predicted molar refractivity (Wildman–Crippen MR) is 68.6 cm³/mol. The highest BCUT2D eigenvalue weighted by Crippen LogP contribution is 2.31. The minimum absolute atomic E-state index is 0.224. The monoisotopic (exact) mass is 249 g/mol. The summed E-state index contributed by atoms with van der Waals surface area (Å²) in [4.78, 5) is 0. The molecule has 0 spiro atoms. The Kier molecular flexibility index (Phi) is 3.43. The second-order valence-electron chi connectivity index (χ2n) is 4.55. The van der Waals surface area contributed by atoms with Crippen LogP contribution in [0.5, 0.6) is 5.75 Å². The highest BCUT2D eigenvalue weighted by Gasteiger charge is 2.23. The maximum atomic E-state index is 6.32. The Hall–Kier alpha value is -1.75. The molecule has 1 atom stereocenters. The van der Waals surface area contributed by atoms with Gasteiger partial charge in [-0.15, -0.1) is 0 Å². The van der Waals surface area contributed by atoms with Crippen molar-refractivity contribution in [3.63, 3.8) is 0 Å². The van der Waals surface area contributed by atoms with Gasteiger partial charge in [0.1, 0.15) is 11.5 Å². The lowest BCUT2D eigenvalue weighted by atomic mass is 10.0. The van der Waals surface area contributed by atoms with Gasteiger partial charge >= 0.3 is 0 Å². The van der Waals surface area contributed by atoms with Gasteiger partial charge in [0.2, 0.25) is 0 Å². The van der Waals surface area contributed by atoms with Crippen LogP contribution in [0.15, 0.2) is 22.9 Å². The maximum absolute atomic E-state index is 6.32. The number of nitrogens with two attached hydrogens (primary N) is 1. The topological polar surface area (TPSA) is 66.2 Å². The fourth-order valence-electron chi connectivity index (χ4n) is 2.09. The lowest BCUT2D eigenvalue weighted by Crippen LogP contribution is -2.19. The highest BCUT2D eigenvalue weighted by atomic mass is 16.5. The third-order valence-corrected chi connectivity index (χ3v) is 3.04. The fourth-order valence-corrected chi connectivity index (χ4v) is 2.09. The first kappa shape index (κ1) is 12.7. The molecule has 2 aromatic heterocycles. The lowest BCUT2D eigenvalue weighted by Gasteiger charge is -2.17. The molecule has 5 nitrogen and oxygen atoms in total. The summed E-state index contributed by atoms with van der Waals surface area (Å²) < 4.78 is 12.5. The summed E-state index contributed by atoms with van der Waals surface area (Å²) in [5.74, 6) is 1.53. The van der Waals surface area contributed by atoms with Crippen LogP contribution >= 0.6 is 0 Å². The third kappa shape index (κ3) is 2.01. The number of methoxy groups -OCH3 is 1. The van der Waals surface area contributed by atoms with Gasteiger partial charge in [0.25, 0.3) is 0 Å². The lowest BCUT2D eigenvalue weighted by molar-refractivity contribution is 0.400. The minimum atomic E-state index is -0.302. The quantitative estimate of drug-likeness (QED) is 0.903. The summed E-state index contributed by atoms with van der Waals surface area (Å²) in [6.45, 7) is 6.02. The zero-order chi connectivity index (χ0) is 13.3. The average molecular weight is 249 g/mol. The van der Waals surface area contributed by atoms with Crippen LogP contribution in [-0.4, -0.2) is 16.9 Å². The smallest absolute Gasteiger partial charge is 0.161 e. The van der Waals surface area contributed by atoms with Crippen molar-refractivity contribution in [1.29, 1.82) is 0 Å². The standard InChI is InChI=1S/C13H19N3O2/c1-8(2)16-13(11(17-4)7-15-16)12(14)10-5-6-18-9(10)3/h5-8,12H,14H2,1-4H3. The van der Waals surface area contributed by atoms with Gasteiger partial charge in [-0.2, -0.15) is 5.10 Å². The average Bonchev–Trinajstić information content (AvgIpc) is 2.93. The summed E-state index contributed by atoms with van der Waals surface area (Å²) in [5.41, 5.74) is 8.15. The van der Waals surface area contributed by atoms with Crippen molar-refractivity contribution >= 4 is 0 Å². The Labute approximate surface area is 107 Å². The van der Waals surface area contributed by atoms with Crippen molar-refractivity contribution in [3.05, 3.63) is 35.5 Å². The summed E-state index contributed by atoms with van der Waals surface area (Å²) >= 11 is 0. The number of hydrogen-bond donors (Lipinski definition) is 1. The summed E-state index contributed by atoms with van der Waals surface area (Å²) in [6.07, 6.45) is 3.34. The van der Waals surface area contributed by atoms with Gasteiger partial charge in [-0.25, -0.2) is 0 Å². The number of aromatic nitrogens is 2. The Morgan fingerprint density at radius 1 is 1.44 bits per heavy atom. The van der Waals surface area contributed by atoms with E-state index in [1.807, 2.05) is 17.7 Å². The molecule has 2 heterocycles. The number of ether oxygens (including phenoxy) is 1. The van der Waals surface area contributed by atoms with Gasteiger partial charge in [-0.1, -0.05) is 0 Å². The molecule has 0 aromatic carbocycles. The molecular weight excluding hydrogens is 230 g/mol. The van der Waals surface area contributed by atoms with E-state index in [4.69, 9.17) is 14.9 Å². The molecule has 0 aliphatic carbocycles. The van der Waals surface area contributed by atoms with Crippen LogP contribution in [0.2, 0.25) is 0 Å². The van der Waals surface area contributed by atoms with E-state index in [2.05, 4.69) is 18.9 Å². The van der Waals surface area contributed by atoms with Crippen LogP contribution in [0, 0.1) is 6.92 Å². The molecule has 0 amide bonds. The third-order valence-electron chi connectivity index (χ3n) is 3.04. The Morgan fingerprint density at radius 3 is 2.67 bits per heavy atom. The molecule has 2 aromatic rings. The van der Waals surface area contributed by atoms with E-state index < -0.39 is 0 Å². The largest absolute Gasteiger partial charge is 0.493 e. The number of furan rings is 1. The molecule has 0 bridgehead atoms. The Balaban J connectivity index is 2.49. The van der Waals surface area contributed by atoms with E-state index >= 15 is 0 Å². The number of rotatable bonds is 4. The van der Waals surface area contributed by atoms with Crippen molar-refractivity contribution in [3.8, 4) is 5.75 Å². The molecule has 0 saturated carbocycles. The highest BCUT2D eigenvalue weighted by molar-refractivity contribution is 5.37. The van der Waals surface area contributed by atoms with Crippen molar-refractivity contribution in [2.45, 2.75) is 32.9 Å². The van der Waals surface area contributed by atoms with Crippen molar-refractivity contribution in [2.24, 2.45) is 5.73 Å². The molecule has 0 saturated heterocycles. The van der Waals surface area contributed by atoms with Crippen molar-refractivity contribution in [1.82, 2.24) is 9.78 Å². The molecule has 0 aliphatic rings. The van der Waals surface area contributed by atoms with E-state index in [0.29, 0.717) is 5.75 Å². The molecular formula is C13H19N3O2. The molecule has 1 unspecified atom stereocenters. The fraction of sp³-hybridized carbons (Fsp3) is 0.462. The first-order valence-electron chi connectivity index (χ1n) is 5.97. The number of nitrogens with zero attached hydrogens (tertiary/aromatic N) is 2. The first-order valence-corrected chi connectivity index (χ1v) is 5.97. The van der Waals surface area contributed by atoms with Gasteiger partial charge in [0, 0.05) is 11.6 Å². The van der Waals surface area contributed by atoms with E-state index in [1.54, 1.807) is 19.6 Å². The summed E-state index contributed by atoms with van der Waals surface area (Å²) in [6, 6.07) is 1.81. The molecule has 98 valence electrons. The summed E-state index contributed by atoms with van der Waals surface area (Å²) in [7, 11) is 1.63. The van der Waals surface area contributed by atoms with Gasteiger partial charge in [-0.05, 0) is 26.8 Å². The zero-order valence-corrected chi connectivity index (χ0v) is 11.2. The summed E-state index contributed by atoms with van der Waals surface area (Å²) in [5, 5.41) is 4.33. The molecule has 0 radical (unpaired) electrons. The Bertz CT molecular complexity index is 528. The number of hydrogen-bond acceptors (Lipinski definition) is 4. The second kappa shape index (κ2) is 4.86. The van der Waals surface area contributed by atoms with E-state index in [1.165, 1.54) is 0 Å². The predicted octanol–water partition coefficient (Wildman–Crippen LogP) is 2.42.